The maximum Gasteiger partial charge on any atom is 0.305 e. The Balaban J connectivity index is 3.09. The van der Waals surface area contributed by atoms with Crippen molar-refractivity contribution in [3.63, 3.8) is 0 Å². The van der Waals surface area contributed by atoms with Crippen LogP contribution in [0, 0.1) is 15.9 Å². The van der Waals surface area contributed by atoms with E-state index in [1.807, 2.05) is 0 Å². The van der Waals surface area contributed by atoms with Crippen LogP contribution in [-0.4, -0.2) is 16.6 Å². The minimum absolute atomic E-state index is 0.0883. The molecule has 5 nitrogen and oxygen atoms in total. The highest BCUT2D eigenvalue weighted by Crippen LogP contribution is 2.26. The van der Waals surface area contributed by atoms with Gasteiger partial charge >= 0.3 is 5.69 Å². The highest BCUT2D eigenvalue weighted by Gasteiger charge is 2.21. The van der Waals surface area contributed by atoms with E-state index >= 15 is 0 Å². The average molecular weight is 214 g/mol. The molecule has 0 heterocycles. The highest BCUT2D eigenvalue weighted by molar-refractivity contribution is 5.37. The van der Waals surface area contributed by atoms with E-state index in [1.54, 1.807) is 0 Å². The molecule has 0 saturated heterocycles. The molecule has 1 rings (SSSR count). The van der Waals surface area contributed by atoms with Gasteiger partial charge in [0.25, 0.3) is 0 Å². The zero-order valence-electron chi connectivity index (χ0n) is 7.89. The zero-order valence-corrected chi connectivity index (χ0v) is 7.89. The van der Waals surface area contributed by atoms with E-state index in [0.717, 1.165) is 6.07 Å². The van der Waals surface area contributed by atoms with Gasteiger partial charge in [-0.3, -0.25) is 10.1 Å². The SMILES string of the molecule is NCC[C@H](O)c1cccc([N+](=O)[O-])c1F. The lowest BCUT2D eigenvalue weighted by Gasteiger charge is -2.10. The first-order chi connectivity index (χ1) is 7.07. The smallest absolute Gasteiger partial charge is 0.305 e. The second-order valence-electron chi connectivity index (χ2n) is 3.03. The maximum atomic E-state index is 13.5. The van der Waals surface area contributed by atoms with Crippen molar-refractivity contribution in [2.45, 2.75) is 12.5 Å². The number of hydrogen-bond acceptors (Lipinski definition) is 4. The molecule has 1 aromatic rings. The average Bonchev–Trinajstić information content (AvgIpc) is 2.17. The van der Waals surface area contributed by atoms with Gasteiger partial charge in [-0.05, 0) is 13.0 Å². The van der Waals surface area contributed by atoms with Gasteiger partial charge in [-0.1, -0.05) is 12.1 Å². The Labute approximate surface area is 85.5 Å². The first-order valence-corrected chi connectivity index (χ1v) is 4.39. The van der Waals surface area contributed by atoms with Crippen molar-refractivity contribution in [1.29, 1.82) is 0 Å². The largest absolute Gasteiger partial charge is 0.388 e. The molecule has 0 amide bonds. The molecule has 1 aromatic carbocycles. The second-order valence-corrected chi connectivity index (χ2v) is 3.03. The van der Waals surface area contributed by atoms with Gasteiger partial charge in [0.15, 0.2) is 0 Å². The molecule has 0 aliphatic heterocycles. The molecule has 3 N–H and O–H groups in total. The number of nitrogens with two attached hydrogens (primary N) is 1. The summed E-state index contributed by atoms with van der Waals surface area (Å²) in [4.78, 5) is 9.59. The number of aliphatic hydroxyl groups excluding tert-OH is 1. The van der Waals surface area contributed by atoms with Crippen LogP contribution in [0.25, 0.3) is 0 Å². The summed E-state index contributed by atoms with van der Waals surface area (Å²) in [6.45, 7) is 0.184. The van der Waals surface area contributed by atoms with Crippen LogP contribution in [-0.2, 0) is 0 Å². The predicted molar refractivity (Wildman–Crippen MR) is 51.7 cm³/mol. The van der Waals surface area contributed by atoms with Gasteiger partial charge in [-0.2, -0.15) is 4.39 Å². The van der Waals surface area contributed by atoms with E-state index in [-0.39, 0.29) is 18.5 Å². The molecular weight excluding hydrogens is 203 g/mol. The lowest BCUT2D eigenvalue weighted by molar-refractivity contribution is -0.387. The number of nitrogens with zero attached hydrogens (tertiary/aromatic N) is 1. The van der Waals surface area contributed by atoms with Crippen LogP contribution in [0.4, 0.5) is 10.1 Å². The first-order valence-electron chi connectivity index (χ1n) is 4.39. The number of rotatable bonds is 4. The summed E-state index contributed by atoms with van der Waals surface area (Å²) in [5, 5.41) is 19.9. The van der Waals surface area contributed by atoms with Crippen LogP contribution in [0.15, 0.2) is 18.2 Å². The monoisotopic (exact) mass is 214 g/mol. The molecule has 0 fully saturated rings. The van der Waals surface area contributed by atoms with E-state index in [0.29, 0.717) is 0 Å². The molecule has 0 aliphatic carbocycles. The van der Waals surface area contributed by atoms with Gasteiger partial charge in [0.1, 0.15) is 0 Å². The Hall–Kier alpha value is -1.53. The molecule has 0 aliphatic rings. The van der Waals surface area contributed by atoms with Crippen LogP contribution < -0.4 is 5.73 Å². The van der Waals surface area contributed by atoms with Crippen LogP contribution in [0.3, 0.4) is 0 Å². The minimum atomic E-state index is -1.10. The van der Waals surface area contributed by atoms with Crippen LogP contribution >= 0.6 is 0 Å². The quantitative estimate of drug-likeness (QED) is 0.580. The molecule has 0 radical (unpaired) electrons. The number of nitro groups is 1. The van der Waals surface area contributed by atoms with Crippen molar-refractivity contribution in [3.05, 3.63) is 39.7 Å². The summed E-state index contributed by atoms with van der Waals surface area (Å²) in [5.41, 5.74) is 4.47. The van der Waals surface area contributed by atoms with Crippen molar-refractivity contribution in [2.24, 2.45) is 5.73 Å². The summed E-state index contributed by atoms with van der Waals surface area (Å²) in [5.74, 6) is -0.997. The van der Waals surface area contributed by atoms with Crippen LogP contribution in [0.1, 0.15) is 18.1 Å². The minimum Gasteiger partial charge on any atom is -0.388 e. The fourth-order valence-electron chi connectivity index (χ4n) is 1.25. The fraction of sp³-hybridized carbons (Fsp3) is 0.333. The predicted octanol–water partition coefficient (Wildman–Crippen LogP) is 1.12. The molecule has 6 heteroatoms. The molecule has 0 spiro atoms. The normalized spacial score (nSPS) is 12.5. The molecule has 0 bridgehead atoms. The zero-order chi connectivity index (χ0) is 11.4. The molecule has 15 heavy (non-hydrogen) atoms. The lowest BCUT2D eigenvalue weighted by Crippen LogP contribution is -2.09. The summed E-state index contributed by atoms with van der Waals surface area (Å²) < 4.78 is 13.5. The number of benzene rings is 1. The Morgan fingerprint density at radius 2 is 2.27 bits per heavy atom. The van der Waals surface area contributed by atoms with Gasteiger partial charge in [0.05, 0.1) is 11.0 Å². The van der Waals surface area contributed by atoms with Gasteiger partial charge in [0.2, 0.25) is 5.82 Å². The summed E-state index contributed by atoms with van der Waals surface area (Å²) in [6, 6.07) is 3.69. The summed E-state index contributed by atoms with van der Waals surface area (Å²) in [6.07, 6.45) is -0.937. The number of nitro benzene ring substituents is 1. The highest BCUT2D eigenvalue weighted by atomic mass is 19.1. The molecule has 0 aromatic heterocycles. The number of aliphatic hydroxyl groups is 1. The van der Waals surface area contributed by atoms with Crippen molar-refractivity contribution in [2.75, 3.05) is 6.54 Å². The molecule has 82 valence electrons. The van der Waals surface area contributed by atoms with Crippen molar-refractivity contribution in [1.82, 2.24) is 0 Å². The summed E-state index contributed by atoms with van der Waals surface area (Å²) in [7, 11) is 0. The number of halogens is 1. The first kappa shape index (κ1) is 11.5. The topological polar surface area (TPSA) is 89.4 Å². The molecule has 0 saturated carbocycles. The third-order valence-electron chi connectivity index (χ3n) is 2.00. The maximum absolute atomic E-state index is 13.5. The molecule has 0 unspecified atom stereocenters. The third kappa shape index (κ3) is 2.48. The van der Waals surface area contributed by atoms with Crippen molar-refractivity contribution in [3.8, 4) is 0 Å². The Morgan fingerprint density at radius 3 is 2.80 bits per heavy atom. The van der Waals surface area contributed by atoms with Crippen LogP contribution in [0.5, 0.6) is 0 Å². The Bertz CT molecular complexity index is 370. The molecular formula is C9H11FN2O3. The van der Waals surface area contributed by atoms with E-state index in [2.05, 4.69) is 0 Å². The molecule has 1 atom stereocenters. The van der Waals surface area contributed by atoms with Gasteiger partial charge in [0, 0.05) is 11.6 Å². The van der Waals surface area contributed by atoms with Gasteiger partial charge < -0.3 is 10.8 Å². The third-order valence-corrected chi connectivity index (χ3v) is 2.00. The van der Waals surface area contributed by atoms with E-state index in [4.69, 9.17) is 5.73 Å². The van der Waals surface area contributed by atoms with Crippen molar-refractivity contribution >= 4 is 5.69 Å². The van der Waals surface area contributed by atoms with E-state index < -0.39 is 22.5 Å². The standard InChI is InChI=1S/C9H11FN2O3/c10-9-6(8(13)4-5-11)2-1-3-7(9)12(14)15/h1-3,8,13H,4-5,11H2/t8-/m0/s1. The van der Waals surface area contributed by atoms with E-state index in [9.17, 15) is 19.6 Å². The fourth-order valence-corrected chi connectivity index (χ4v) is 1.25. The second kappa shape index (κ2) is 4.81. The van der Waals surface area contributed by atoms with Crippen molar-refractivity contribution < 1.29 is 14.4 Å². The van der Waals surface area contributed by atoms with Gasteiger partial charge in [-0.15, -0.1) is 0 Å². The van der Waals surface area contributed by atoms with E-state index in [1.165, 1.54) is 12.1 Å². The Kier molecular flexibility index (Phi) is 3.70. The van der Waals surface area contributed by atoms with Crippen LogP contribution in [0.2, 0.25) is 0 Å². The summed E-state index contributed by atoms with van der Waals surface area (Å²) >= 11 is 0. The Morgan fingerprint density at radius 1 is 1.60 bits per heavy atom. The number of hydrogen-bond donors (Lipinski definition) is 2. The lowest BCUT2D eigenvalue weighted by atomic mass is 10.1. The van der Waals surface area contributed by atoms with Gasteiger partial charge in [-0.25, -0.2) is 0 Å².